The van der Waals surface area contributed by atoms with Crippen molar-refractivity contribution in [3.05, 3.63) is 24.5 Å². The number of benzene rings is 1. The molecule has 3 aromatic rings. The van der Waals surface area contributed by atoms with E-state index in [0.717, 1.165) is 46.6 Å². The zero-order chi connectivity index (χ0) is 16.5. The molecule has 1 atom stereocenters. The van der Waals surface area contributed by atoms with E-state index in [1.54, 1.807) is 13.4 Å². The van der Waals surface area contributed by atoms with E-state index in [-0.39, 0.29) is 0 Å². The minimum Gasteiger partial charge on any atom is -0.497 e. The molecule has 0 spiro atoms. The van der Waals surface area contributed by atoms with Gasteiger partial charge >= 0.3 is 0 Å². The van der Waals surface area contributed by atoms with E-state index in [9.17, 15) is 0 Å². The van der Waals surface area contributed by atoms with Crippen molar-refractivity contribution in [2.75, 3.05) is 32.1 Å². The minimum absolute atomic E-state index is 0.587. The highest BCUT2D eigenvalue weighted by molar-refractivity contribution is 6.08. The number of H-pyrrole nitrogens is 1. The van der Waals surface area contributed by atoms with Gasteiger partial charge in [-0.2, -0.15) is 0 Å². The minimum atomic E-state index is 0.587. The van der Waals surface area contributed by atoms with Gasteiger partial charge in [-0.05, 0) is 44.1 Å². The Balaban J connectivity index is 1.66. The molecule has 0 saturated carbocycles. The molecule has 24 heavy (non-hydrogen) atoms. The quantitative estimate of drug-likeness (QED) is 0.755. The van der Waals surface area contributed by atoms with E-state index in [1.165, 1.54) is 19.4 Å². The molecule has 2 N–H and O–H groups in total. The second-order valence-corrected chi connectivity index (χ2v) is 6.29. The standard InChI is InChI=1S/C18H23N5O/c1-3-23-8-4-5-12(23)10-19-18-17-16(20-11-21-18)14-9-13(24-2)6-7-15(14)22-17/h6-7,9,11-12,22H,3-5,8,10H2,1-2H3,(H,19,20,21). The van der Waals surface area contributed by atoms with Crippen molar-refractivity contribution in [2.24, 2.45) is 0 Å². The van der Waals surface area contributed by atoms with Crippen LogP contribution in [0, 0.1) is 0 Å². The fourth-order valence-electron chi connectivity index (χ4n) is 3.69. The van der Waals surface area contributed by atoms with Crippen LogP contribution in [-0.2, 0) is 0 Å². The summed E-state index contributed by atoms with van der Waals surface area (Å²) in [6.07, 6.45) is 4.16. The molecule has 2 aromatic heterocycles. The molecule has 0 aliphatic carbocycles. The number of ether oxygens (including phenoxy) is 1. The number of aromatic amines is 1. The number of likely N-dealkylation sites (tertiary alicyclic amines) is 1. The normalized spacial score (nSPS) is 18.5. The van der Waals surface area contributed by atoms with E-state index in [0.29, 0.717) is 6.04 Å². The van der Waals surface area contributed by atoms with Crippen LogP contribution in [0.2, 0.25) is 0 Å². The van der Waals surface area contributed by atoms with Gasteiger partial charge in [0.2, 0.25) is 0 Å². The van der Waals surface area contributed by atoms with E-state index >= 15 is 0 Å². The Kier molecular flexibility index (Phi) is 3.98. The highest BCUT2D eigenvalue weighted by Gasteiger charge is 2.23. The van der Waals surface area contributed by atoms with Crippen molar-refractivity contribution in [1.82, 2.24) is 19.9 Å². The molecule has 126 valence electrons. The Bertz CT molecular complexity index is 859. The van der Waals surface area contributed by atoms with Gasteiger partial charge in [0, 0.05) is 23.5 Å². The first kappa shape index (κ1) is 15.2. The molecule has 4 rings (SSSR count). The van der Waals surface area contributed by atoms with Gasteiger partial charge in [0.25, 0.3) is 0 Å². The summed E-state index contributed by atoms with van der Waals surface area (Å²) < 4.78 is 5.33. The number of methoxy groups -OCH3 is 1. The van der Waals surface area contributed by atoms with Crippen LogP contribution in [0.25, 0.3) is 21.9 Å². The average molecular weight is 325 g/mol. The Morgan fingerprint density at radius 3 is 3.12 bits per heavy atom. The van der Waals surface area contributed by atoms with E-state index in [1.807, 2.05) is 18.2 Å². The monoisotopic (exact) mass is 325 g/mol. The van der Waals surface area contributed by atoms with Crippen LogP contribution >= 0.6 is 0 Å². The lowest BCUT2D eigenvalue weighted by Crippen LogP contribution is -2.34. The Morgan fingerprint density at radius 2 is 2.29 bits per heavy atom. The van der Waals surface area contributed by atoms with Crippen LogP contribution in [0.5, 0.6) is 5.75 Å². The molecule has 1 aliphatic rings. The summed E-state index contributed by atoms with van der Waals surface area (Å²) in [5.74, 6) is 1.71. The van der Waals surface area contributed by atoms with Gasteiger partial charge in [0.05, 0.1) is 7.11 Å². The summed E-state index contributed by atoms with van der Waals surface area (Å²) in [4.78, 5) is 14.9. The molecule has 1 unspecified atom stereocenters. The maximum Gasteiger partial charge on any atom is 0.153 e. The Morgan fingerprint density at radius 1 is 1.38 bits per heavy atom. The second kappa shape index (κ2) is 6.28. The van der Waals surface area contributed by atoms with Gasteiger partial charge in [0.15, 0.2) is 5.82 Å². The summed E-state index contributed by atoms with van der Waals surface area (Å²) in [6, 6.07) is 6.58. The van der Waals surface area contributed by atoms with Crippen molar-refractivity contribution in [3.8, 4) is 5.75 Å². The molecule has 0 radical (unpaired) electrons. The van der Waals surface area contributed by atoms with Crippen LogP contribution in [0.15, 0.2) is 24.5 Å². The van der Waals surface area contributed by atoms with Crippen LogP contribution < -0.4 is 10.1 Å². The zero-order valence-corrected chi connectivity index (χ0v) is 14.2. The molecule has 1 aromatic carbocycles. The van der Waals surface area contributed by atoms with Crippen molar-refractivity contribution in [3.63, 3.8) is 0 Å². The molecular formula is C18H23N5O. The van der Waals surface area contributed by atoms with E-state index in [2.05, 4.69) is 32.1 Å². The summed E-state index contributed by atoms with van der Waals surface area (Å²) >= 11 is 0. The topological polar surface area (TPSA) is 66.1 Å². The lowest BCUT2D eigenvalue weighted by Gasteiger charge is -2.23. The molecule has 6 heteroatoms. The number of nitrogens with one attached hydrogen (secondary N) is 2. The van der Waals surface area contributed by atoms with Gasteiger partial charge in [0.1, 0.15) is 23.1 Å². The molecule has 1 saturated heterocycles. The van der Waals surface area contributed by atoms with E-state index < -0.39 is 0 Å². The van der Waals surface area contributed by atoms with Gasteiger partial charge < -0.3 is 15.0 Å². The summed E-state index contributed by atoms with van der Waals surface area (Å²) in [5.41, 5.74) is 2.94. The summed E-state index contributed by atoms with van der Waals surface area (Å²) in [5, 5.41) is 4.59. The lowest BCUT2D eigenvalue weighted by molar-refractivity contribution is 0.277. The molecule has 6 nitrogen and oxygen atoms in total. The van der Waals surface area contributed by atoms with Crippen LogP contribution in [-0.4, -0.2) is 52.6 Å². The predicted octanol–water partition coefficient (Wildman–Crippen LogP) is 3.02. The number of rotatable bonds is 5. The fourth-order valence-corrected chi connectivity index (χ4v) is 3.69. The first-order valence-electron chi connectivity index (χ1n) is 8.58. The third-order valence-corrected chi connectivity index (χ3v) is 5.00. The van der Waals surface area contributed by atoms with Crippen molar-refractivity contribution in [1.29, 1.82) is 0 Å². The number of anilines is 1. The van der Waals surface area contributed by atoms with Crippen LogP contribution in [0.4, 0.5) is 5.82 Å². The van der Waals surface area contributed by atoms with Gasteiger partial charge in [-0.1, -0.05) is 6.92 Å². The largest absolute Gasteiger partial charge is 0.497 e. The first-order chi connectivity index (χ1) is 11.8. The smallest absolute Gasteiger partial charge is 0.153 e. The SMILES string of the molecule is CCN1CCCC1CNc1ncnc2c1[nH]c1ccc(OC)cc12. The molecule has 0 amide bonds. The Labute approximate surface area is 141 Å². The van der Waals surface area contributed by atoms with Crippen molar-refractivity contribution < 1.29 is 4.74 Å². The predicted molar refractivity (Wildman–Crippen MR) is 96.7 cm³/mol. The number of nitrogens with zero attached hydrogens (tertiary/aromatic N) is 3. The van der Waals surface area contributed by atoms with Crippen LogP contribution in [0.3, 0.4) is 0 Å². The molecule has 3 heterocycles. The average Bonchev–Trinajstić information content (AvgIpc) is 3.23. The molecule has 1 fully saturated rings. The zero-order valence-electron chi connectivity index (χ0n) is 14.2. The highest BCUT2D eigenvalue weighted by Crippen LogP contribution is 2.30. The third kappa shape index (κ3) is 2.57. The van der Waals surface area contributed by atoms with E-state index in [4.69, 9.17) is 4.74 Å². The fraction of sp³-hybridized carbons (Fsp3) is 0.444. The molecular weight excluding hydrogens is 302 g/mol. The number of fused-ring (bicyclic) bond motifs is 3. The van der Waals surface area contributed by atoms with Gasteiger partial charge in [-0.25, -0.2) is 9.97 Å². The number of hydrogen-bond acceptors (Lipinski definition) is 5. The van der Waals surface area contributed by atoms with Gasteiger partial charge in [-0.3, -0.25) is 4.90 Å². The second-order valence-electron chi connectivity index (χ2n) is 6.29. The van der Waals surface area contributed by atoms with Gasteiger partial charge in [-0.15, -0.1) is 0 Å². The summed E-state index contributed by atoms with van der Waals surface area (Å²) in [6.45, 7) is 5.46. The number of likely N-dealkylation sites (N-methyl/N-ethyl adjacent to an activating group) is 1. The highest BCUT2D eigenvalue weighted by atomic mass is 16.5. The van der Waals surface area contributed by atoms with Crippen molar-refractivity contribution in [2.45, 2.75) is 25.8 Å². The lowest BCUT2D eigenvalue weighted by atomic mass is 10.2. The summed E-state index contributed by atoms with van der Waals surface area (Å²) in [7, 11) is 1.68. The number of aromatic nitrogens is 3. The molecule has 0 bridgehead atoms. The third-order valence-electron chi connectivity index (χ3n) is 5.00. The Hall–Kier alpha value is -2.34. The molecule has 1 aliphatic heterocycles. The maximum absolute atomic E-state index is 5.33. The van der Waals surface area contributed by atoms with Crippen LogP contribution in [0.1, 0.15) is 19.8 Å². The first-order valence-corrected chi connectivity index (χ1v) is 8.58. The number of hydrogen-bond donors (Lipinski definition) is 2. The maximum atomic E-state index is 5.33. The van der Waals surface area contributed by atoms with Crippen molar-refractivity contribution >= 4 is 27.8 Å².